The Morgan fingerprint density at radius 1 is 1.20 bits per heavy atom. The lowest BCUT2D eigenvalue weighted by Crippen LogP contribution is -2.40. The first-order valence-electron chi connectivity index (χ1n) is 7.22. The molecule has 2 N–H and O–H groups in total. The fraction of sp³-hybridized carbons (Fsp3) is 0.786. The summed E-state index contributed by atoms with van der Waals surface area (Å²) in [5, 5.41) is 11.8. The van der Waals surface area contributed by atoms with Crippen LogP contribution in [-0.4, -0.2) is 36.1 Å². The Balaban J connectivity index is 2.30. The number of ether oxygens (including phenoxy) is 1. The summed E-state index contributed by atoms with van der Waals surface area (Å²) in [6.07, 6.45) is 3.72. The van der Waals surface area contributed by atoms with E-state index in [2.05, 4.69) is 5.32 Å². The Labute approximate surface area is 118 Å². The molecule has 1 fully saturated rings. The van der Waals surface area contributed by atoms with Crippen molar-refractivity contribution in [1.82, 2.24) is 5.32 Å². The van der Waals surface area contributed by atoms with Gasteiger partial charge in [-0.1, -0.05) is 12.8 Å². The summed E-state index contributed by atoms with van der Waals surface area (Å²) in [4.78, 5) is 34.2. The molecular weight excluding hydrogens is 262 g/mol. The highest BCUT2D eigenvalue weighted by Gasteiger charge is 2.35. The molecule has 0 bridgehead atoms. The van der Waals surface area contributed by atoms with Crippen molar-refractivity contribution < 1.29 is 24.2 Å². The molecule has 0 heterocycles. The van der Waals surface area contributed by atoms with E-state index in [1.165, 1.54) is 0 Å². The highest BCUT2D eigenvalue weighted by Crippen LogP contribution is 2.30. The predicted molar refractivity (Wildman–Crippen MR) is 72.0 cm³/mol. The molecule has 0 aromatic rings. The number of carboxylic acid groups (broad SMARTS) is 1. The highest BCUT2D eigenvalue weighted by atomic mass is 16.5. The number of aliphatic carboxylic acids is 1. The summed E-state index contributed by atoms with van der Waals surface area (Å²) in [7, 11) is 0. The van der Waals surface area contributed by atoms with E-state index in [9.17, 15) is 14.4 Å². The molecular formula is C14H23NO5. The van der Waals surface area contributed by atoms with Crippen molar-refractivity contribution >= 4 is 17.8 Å². The number of hydrogen-bond donors (Lipinski definition) is 2. The van der Waals surface area contributed by atoms with Crippen LogP contribution in [0.25, 0.3) is 0 Å². The summed E-state index contributed by atoms with van der Waals surface area (Å²) < 4.78 is 4.78. The van der Waals surface area contributed by atoms with Crippen LogP contribution in [0.4, 0.5) is 0 Å². The molecule has 114 valence electrons. The lowest BCUT2D eigenvalue weighted by Gasteiger charge is -2.27. The molecule has 0 saturated heterocycles. The third kappa shape index (κ3) is 5.19. The van der Waals surface area contributed by atoms with E-state index in [0.717, 1.165) is 12.8 Å². The first kappa shape index (κ1) is 16.5. The minimum Gasteiger partial charge on any atom is -0.481 e. The Morgan fingerprint density at radius 3 is 2.45 bits per heavy atom. The standard InChI is InChI=1S/C14H23NO5/c1-2-20-12(16)8-5-9-15-13(17)10-6-3-4-7-11(10)14(18)19/h10-11H,2-9H2,1H3,(H,15,17)(H,18,19). The highest BCUT2D eigenvalue weighted by molar-refractivity contribution is 5.84. The fourth-order valence-corrected chi connectivity index (χ4v) is 2.55. The van der Waals surface area contributed by atoms with Gasteiger partial charge in [0.15, 0.2) is 0 Å². The van der Waals surface area contributed by atoms with E-state index in [-0.39, 0.29) is 18.3 Å². The van der Waals surface area contributed by atoms with Crippen LogP contribution in [0.5, 0.6) is 0 Å². The van der Waals surface area contributed by atoms with E-state index >= 15 is 0 Å². The summed E-state index contributed by atoms with van der Waals surface area (Å²) in [5.74, 6) is -2.39. The molecule has 1 saturated carbocycles. The van der Waals surface area contributed by atoms with Gasteiger partial charge in [0.2, 0.25) is 5.91 Å². The van der Waals surface area contributed by atoms with Crippen LogP contribution < -0.4 is 5.32 Å². The fourth-order valence-electron chi connectivity index (χ4n) is 2.55. The SMILES string of the molecule is CCOC(=O)CCCNC(=O)C1CCCCC1C(=O)O. The van der Waals surface area contributed by atoms with Gasteiger partial charge in [0, 0.05) is 13.0 Å². The number of carbonyl (C=O) groups excluding carboxylic acids is 2. The van der Waals surface area contributed by atoms with Crippen molar-refractivity contribution in [2.45, 2.75) is 45.4 Å². The molecule has 0 spiro atoms. The van der Waals surface area contributed by atoms with Crippen molar-refractivity contribution in [2.75, 3.05) is 13.2 Å². The van der Waals surface area contributed by atoms with Gasteiger partial charge in [-0.15, -0.1) is 0 Å². The summed E-state index contributed by atoms with van der Waals surface area (Å²) in [6.45, 7) is 2.48. The quantitative estimate of drug-likeness (QED) is 0.544. The van der Waals surface area contributed by atoms with E-state index in [1.807, 2.05) is 0 Å². The van der Waals surface area contributed by atoms with Crippen LogP contribution in [-0.2, 0) is 19.1 Å². The first-order valence-corrected chi connectivity index (χ1v) is 7.22. The zero-order valence-electron chi connectivity index (χ0n) is 11.9. The largest absolute Gasteiger partial charge is 0.481 e. The van der Waals surface area contributed by atoms with Gasteiger partial charge < -0.3 is 15.2 Å². The van der Waals surface area contributed by atoms with Gasteiger partial charge in [0.1, 0.15) is 0 Å². The molecule has 0 aliphatic heterocycles. The lowest BCUT2D eigenvalue weighted by molar-refractivity contribution is -0.148. The Kier molecular flexibility index (Phi) is 7.04. The topological polar surface area (TPSA) is 92.7 Å². The molecule has 1 rings (SSSR count). The van der Waals surface area contributed by atoms with Gasteiger partial charge in [-0.3, -0.25) is 14.4 Å². The smallest absolute Gasteiger partial charge is 0.307 e. The maximum absolute atomic E-state index is 12.0. The van der Waals surface area contributed by atoms with Gasteiger partial charge in [0.25, 0.3) is 0 Å². The molecule has 0 aromatic heterocycles. The average Bonchev–Trinajstić information content (AvgIpc) is 2.43. The number of hydrogen-bond acceptors (Lipinski definition) is 4. The molecule has 2 atom stereocenters. The second-order valence-corrected chi connectivity index (χ2v) is 5.04. The van der Waals surface area contributed by atoms with Crippen LogP contribution in [0.3, 0.4) is 0 Å². The van der Waals surface area contributed by atoms with Gasteiger partial charge in [0.05, 0.1) is 18.4 Å². The van der Waals surface area contributed by atoms with E-state index in [1.54, 1.807) is 6.92 Å². The van der Waals surface area contributed by atoms with Crippen LogP contribution >= 0.6 is 0 Å². The minimum absolute atomic E-state index is 0.207. The van der Waals surface area contributed by atoms with Crippen molar-refractivity contribution in [2.24, 2.45) is 11.8 Å². The third-order valence-electron chi connectivity index (χ3n) is 3.58. The second kappa shape index (κ2) is 8.55. The van der Waals surface area contributed by atoms with Crippen LogP contribution in [0.15, 0.2) is 0 Å². The van der Waals surface area contributed by atoms with Gasteiger partial charge in [-0.05, 0) is 26.2 Å². The normalized spacial score (nSPS) is 22.1. The molecule has 0 aromatic carbocycles. The molecule has 2 unspecified atom stereocenters. The van der Waals surface area contributed by atoms with Crippen molar-refractivity contribution in [3.8, 4) is 0 Å². The lowest BCUT2D eigenvalue weighted by atomic mass is 9.78. The Hall–Kier alpha value is -1.59. The van der Waals surface area contributed by atoms with Crippen molar-refractivity contribution in [1.29, 1.82) is 0 Å². The summed E-state index contributed by atoms with van der Waals surface area (Å²) >= 11 is 0. The number of nitrogens with one attached hydrogen (secondary N) is 1. The Morgan fingerprint density at radius 2 is 1.85 bits per heavy atom. The van der Waals surface area contributed by atoms with Crippen LogP contribution in [0, 0.1) is 11.8 Å². The number of carbonyl (C=O) groups is 3. The Bertz CT molecular complexity index is 355. The third-order valence-corrected chi connectivity index (χ3v) is 3.58. The van der Waals surface area contributed by atoms with Gasteiger partial charge >= 0.3 is 11.9 Å². The first-order chi connectivity index (χ1) is 9.56. The molecule has 6 nitrogen and oxygen atoms in total. The minimum atomic E-state index is -0.892. The monoisotopic (exact) mass is 285 g/mol. The number of esters is 1. The number of carboxylic acids is 1. The van der Waals surface area contributed by atoms with Crippen LogP contribution in [0.1, 0.15) is 45.4 Å². The zero-order chi connectivity index (χ0) is 15.0. The van der Waals surface area contributed by atoms with Gasteiger partial charge in [-0.25, -0.2) is 0 Å². The van der Waals surface area contributed by atoms with Crippen molar-refractivity contribution in [3.05, 3.63) is 0 Å². The molecule has 1 aliphatic carbocycles. The van der Waals surface area contributed by atoms with E-state index in [0.29, 0.717) is 32.4 Å². The summed E-state index contributed by atoms with van der Waals surface area (Å²) in [5.41, 5.74) is 0. The zero-order valence-corrected chi connectivity index (χ0v) is 11.9. The maximum atomic E-state index is 12.0. The molecule has 0 radical (unpaired) electrons. The van der Waals surface area contributed by atoms with E-state index in [4.69, 9.17) is 9.84 Å². The maximum Gasteiger partial charge on any atom is 0.307 e. The molecule has 20 heavy (non-hydrogen) atoms. The number of amides is 1. The van der Waals surface area contributed by atoms with Crippen LogP contribution in [0.2, 0.25) is 0 Å². The molecule has 6 heteroatoms. The van der Waals surface area contributed by atoms with Crippen molar-refractivity contribution in [3.63, 3.8) is 0 Å². The van der Waals surface area contributed by atoms with E-state index < -0.39 is 17.8 Å². The number of rotatable bonds is 7. The second-order valence-electron chi connectivity index (χ2n) is 5.04. The molecule has 1 aliphatic rings. The summed E-state index contributed by atoms with van der Waals surface area (Å²) in [6, 6.07) is 0. The molecule has 1 amide bonds. The van der Waals surface area contributed by atoms with Gasteiger partial charge in [-0.2, -0.15) is 0 Å². The average molecular weight is 285 g/mol. The predicted octanol–water partition coefficient (Wildman–Crippen LogP) is 1.34.